The van der Waals surface area contributed by atoms with Crippen LogP contribution in [0, 0.1) is 0 Å². The van der Waals surface area contributed by atoms with Crippen molar-refractivity contribution in [3.8, 4) is 0 Å². The second-order valence-electron chi connectivity index (χ2n) is 5.83. The Balaban J connectivity index is 1.73. The van der Waals surface area contributed by atoms with Gasteiger partial charge in [0.1, 0.15) is 0 Å². The van der Waals surface area contributed by atoms with Crippen LogP contribution in [0.2, 0.25) is 0 Å². The number of nitrogens with two attached hydrogens (primary N) is 2. The fourth-order valence-corrected chi connectivity index (χ4v) is 2.94. The molecule has 5 nitrogen and oxygen atoms in total. The van der Waals surface area contributed by atoms with E-state index in [2.05, 4.69) is 39.2 Å². The van der Waals surface area contributed by atoms with E-state index in [0.29, 0.717) is 12.5 Å². The molecule has 0 unspecified atom stereocenters. The van der Waals surface area contributed by atoms with Crippen molar-refractivity contribution in [3.63, 3.8) is 0 Å². The van der Waals surface area contributed by atoms with Gasteiger partial charge in [-0.25, -0.2) is 4.99 Å². The van der Waals surface area contributed by atoms with Crippen molar-refractivity contribution >= 4 is 22.7 Å². The second-order valence-corrected chi connectivity index (χ2v) is 5.83. The molecule has 1 saturated heterocycles. The predicted molar refractivity (Wildman–Crippen MR) is 96.3 cm³/mol. The minimum absolute atomic E-state index is 0.237. The van der Waals surface area contributed by atoms with E-state index >= 15 is 0 Å². The summed E-state index contributed by atoms with van der Waals surface area (Å²) in [5.41, 5.74) is 13.1. The molecule has 1 heterocycles. The Labute approximate surface area is 136 Å². The van der Waals surface area contributed by atoms with Crippen LogP contribution in [-0.4, -0.2) is 29.9 Å². The molecule has 0 saturated carbocycles. The van der Waals surface area contributed by atoms with Crippen LogP contribution in [0.1, 0.15) is 24.8 Å². The van der Waals surface area contributed by atoms with Gasteiger partial charge in [0.25, 0.3) is 0 Å². The SMILES string of the molecule is NC(=NCc1cccc2ccccc12)/N=C(\N)N1CCCCC1. The van der Waals surface area contributed by atoms with Crippen LogP contribution in [0.4, 0.5) is 0 Å². The van der Waals surface area contributed by atoms with Gasteiger partial charge >= 0.3 is 0 Å². The average Bonchev–Trinajstić information content (AvgIpc) is 2.60. The fourth-order valence-electron chi connectivity index (χ4n) is 2.94. The first-order valence-corrected chi connectivity index (χ1v) is 8.10. The highest BCUT2D eigenvalue weighted by Gasteiger charge is 2.12. The zero-order chi connectivity index (χ0) is 16.1. The molecule has 120 valence electrons. The van der Waals surface area contributed by atoms with Gasteiger partial charge in [0, 0.05) is 13.1 Å². The van der Waals surface area contributed by atoms with Crippen LogP contribution >= 0.6 is 0 Å². The molecule has 1 fully saturated rings. The minimum atomic E-state index is 0.237. The lowest BCUT2D eigenvalue weighted by molar-refractivity contribution is 0.339. The Morgan fingerprint density at radius 2 is 1.70 bits per heavy atom. The quantitative estimate of drug-likeness (QED) is 0.660. The van der Waals surface area contributed by atoms with Crippen molar-refractivity contribution in [1.82, 2.24) is 4.90 Å². The van der Waals surface area contributed by atoms with Crippen molar-refractivity contribution < 1.29 is 0 Å². The largest absolute Gasteiger partial charge is 0.369 e. The van der Waals surface area contributed by atoms with Gasteiger partial charge in [-0.05, 0) is 35.6 Å². The van der Waals surface area contributed by atoms with Gasteiger partial charge in [-0.1, -0.05) is 42.5 Å². The summed E-state index contributed by atoms with van der Waals surface area (Å²) in [4.78, 5) is 10.7. The monoisotopic (exact) mass is 309 g/mol. The summed E-state index contributed by atoms with van der Waals surface area (Å²) in [7, 11) is 0. The molecule has 3 rings (SSSR count). The summed E-state index contributed by atoms with van der Waals surface area (Å²) < 4.78 is 0. The van der Waals surface area contributed by atoms with Crippen LogP contribution < -0.4 is 11.5 Å². The summed E-state index contributed by atoms with van der Waals surface area (Å²) in [5, 5.41) is 2.40. The number of hydrogen-bond donors (Lipinski definition) is 2. The zero-order valence-electron chi connectivity index (χ0n) is 13.3. The first kappa shape index (κ1) is 15.3. The fraction of sp³-hybridized carbons (Fsp3) is 0.333. The van der Waals surface area contributed by atoms with Crippen molar-refractivity contribution in [2.45, 2.75) is 25.8 Å². The molecule has 1 aliphatic rings. The maximum absolute atomic E-state index is 6.02. The standard InChI is InChI=1S/C18H23N5/c19-17(22-18(20)23-11-4-1-5-12-23)21-13-15-9-6-8-14-7-2-3-10-16(14)15/h2-3,6-10H,1,4-5,11-13H2,(H4,19,20,21,22). The zero-order valence-corrected chi connectivity index (χ0v) is 13.3. The van der Waals surface area contributed by atoms with Crippen LogP contribution in [0.25, 0.3) is 10.8 Å². The molecule has 0 aromatic heterocycles. The molecule has 0 aliphatic carbocycles. The van der Waals surface area contributed by atoms with E-state index in [0.717, 1.165) is 31.5 Å². The van der Waals surface area contributed by atoms with E-state index in [1.807, 2.05) is 18.2 Å². The number of benzene rings is 2. The number of piperidine rings is 1. The van der Waals surface area contributed by atoms with E-state index in [1.165, 1.54) is 17.2 Å². The third-order valence-electron chi connectivity index (χ3n) is 4.20. The third kappa shape index (κ3) is 3.80. The molecule has 2 aromatic rings. The molecule has 23 heavy (non-hydrogen) atoms. The maximum atomic E-state index is 6.02. The van der Waals surface area contributed by atoms with Gasteiger partial charge in [0.2, 0.25) is 5.96 Å². The number of fused-ring (bicyclic) bond motifs is 1. The highest BCUT2D eigenvalue weighted by molar-refractivity contribution is 5.93. The number of likely N-dealkylation sites (tertiary alicyclic amines) is 1. The molecule has 0 bridgehead atoms. The number of guanidine groups is 2. The van der Waals surface area contributed by atoms with Gasteiger partial charge < -0.3 is 16.4 Å². The number of hydrogen-bond acceptors (Lipinski definition) is 1. The molecule has 0 radical (unpaired) electrons. The first-order chi connectivity index (χ1) is 11.2. The van der Waals surface area contributed by atoms with Crippen LogP contribution in [0.15, 0.2) is 52.4 Å². The highest BCUT2D eigenvalue weighted by atomic mass is 15.3. The summed E-state index contributed by atoms with van der Waals surface area (Å²) in [6.45, 7) is 2.40. The van der Waals surface area contributed by atoms with Crippen molar-refractivity contribution in [2.24, 2.45) is 21.5 Å². The third-order valence-corrected chi connectivity index (χ3v) is 4.20. The van der Waals surface area contributed by atoms with E-state index in [-0.39, 0.29) is 5.96 Å². The van der Waals surface area contributed by atoms with E-state index in [9.17, 15) is 0 Å². The first-order valence-electron chi connectivity index (χ1n) is 8.10. The van der Waals surface area contributed by atoms with Crippen molar-refractivity contribution in [1.29, 1.82) is 0 Å². The molecule has 0 atom stereocenters. The summed E-state index contributed by atoms with van der Waals surface area (Å²) in [5.74, 6) is 0.713. The molecular formula is C18H23N5. The molecule has 2 aromatic carbocycles. The Hall–Kier alpha value is -2.56. The number of rotatable bonds is 2. The van der Waals surface area contributed by atoms with Gasteiger partial charge in [-0.3, -0.25) is 0 Å². The summed E-state index contributed by atoms with van der Waals surface area (Å²) in [6.07, 6.45) is 3.57. The molecule has 5 heteroatoms. The second kappa shape index (κ2) is 7.13. The van der Waals surface area contributed by atoms with Crippen LogP contribution in [0.5, 0.6) is 0 Å². The van der Waals surface area contributed by atoms with Crippen molar-refractivity contribution in [2.75, 3.05) is 13.1 Å². The molecule has 0 spiro atoms. The lowest BCUT2D eigenvalue weighted by Crippen LogP contribution is -2.41. The van der Waals surface area contributed by atoms with Gasteiger partial charge in [-0.2, -0.15) is 4.99 Å². The average molecular weight is 309 g/mol. The molecule has 4 N–H and O–H groups in total. The Morgan fingerprint density at radius 1 is 0.957 bits per heavy atom. The number of aliphatic imine (C=N–C) groups is 2. The van der Waals surface area contributed by atoms with Crippen LogP contribution in [0.3, 0.4) is 0 Å². The Morgan fingerprint density at radius 3 is 2.52 bits per heavy atom. The lowest BCUT2D eigenvalue weighted by atomic mass is 10.1. The topological polar surface area (TPSA) is 80.0 Å². The van der Waals surface area contributed by atoms with Gasteiger partial charge in [0.05, 0.1) is 6.54 Å². The molecule has 0 amide bonds. The summed E-state index contributed by atoms with van der Waals surface area (Å²) in [6, 6.07) is 14.5. The van der Waals surface area contributed by atoms with Crippen molar-refractivity contribution in [3.05, 3.63) is 48.0 Å². The molecule has 1 aliphatic heterocycles. The van der Waals surface area contributed by atoms with E-state index < -0.39 is 0 Å². The van der Waals surface area contributed by atoms with E-state index in [4.69, 9.17) is 11.5 Å². The maximum Gasteiger partial charge on any atom is 0.218 e. The van der Waals surface area contributed by atoms with Crippen LogP contribution in [-0.2, 0) is 6.54 Å². The Bertz CT molecular complexity index is 724. The van der Waals surface area contributed by atoms with Gasteiger partial charge in [0.15, 0.2) is 5.96 Å². The van der Waals surface area contributed by atoms with Gasteiger partial charge in [-0.15, -0.1) is 0 Å². The predicted octanol–water partition coefficient (Wildman–Crippen LogP) is 2.46. The number of nitrogens with zero attached hydrogens (tertiary/aromatic N) is 3. The normalized spacial score (nSPS) is 16.8. The van der Waals surface area contributed by atoms with E-state index in [1.54, 1.807) is 0 Å². The lowest BCUT2D eigenvalue weighted by Gasteiger charge is -2.27. The minimum Gasteiger partial charge on any atom is -0.369 e. The highest BCUT2D eigenvalue weighted by Crippen LogP contribution is 2.19. The summed E-state index contributed by atoms with van der Waals surface area (Å²) >= 11 is 0. The molecular weight excluding hydrogens is 286 g/mol. The Kier molecular flexibility index (Phi) is 4.76. The smallest absolute Gasteiger partial charge is 0.218 e.